The maximum absolute atomic E-state index is 12.6. The van der Waals surface area contributed by atoms with Crippen LogP contribution >= 0.6 is 11.3 Å². The van der Waals surface area contributed by atoms with Crippen LogP contribution in [0.15, 0.2) is 36.4 Å². The van der Waals surface area contributed by atoms with Gasteiger partial charge >= 0.3 is 0 Å². The minimum atomic E-state index is -0.657. The first kappa shape index (κ1) is 23.3. The number of carbonyl (C=O) groups is 3. The van der Waals surface area contributed by atoms with Crippen LogP contribution in [0.25, 0.3) is 10.2 Å². The van der Waals surface area contributed by atoms with Gasteiger partial charge in [-0.15, -0.1) is 0 Å². The summed E-state index contributed by atoms with van der Waals surface area (Å²) in [5.41, 5.74) is 0.327. The molecular formula is C23H22N4O6S. The first-order valence-corrected chi connectivity index (χ1v) is 11.7. The molecule has 0 radical (unpaired) electrons. The number of hydrogen-bond donors (Lipinski definition) is 1. The lowest BCUT2D eigenvalue weighted by atomic mass is 10.1. The summed E-state index contributed by atoms with van der Waals surface area (Å²) in [7, 11) is 0. The summed E-state index contributed by atoms with van der Waals surface area (Å²) in [5.74, 6) is -0.581. The standard InChI is InChI=1S/C23H22N4O6S/c1-2-33-14-10-11-16-18(13-14)34-23(24-16)25-19(28)9-4-3-5-12-26-21(29)15-7-6-8-17(27(31)32)20(15)22(26)30/h6-8,10-11,13H,2-5,9,12H2,1H3,(H,24,25,28). The third-order valence-corrected chi connectivity index (χ3v) is 6.31. The smallest absolute Gasteiger partial charge is 0.282 e. The van der Waals surface area contributed by atoms with E-state index in [1.807, 2.05) is 25.1 Å². The van der Waals surface area contributed by atoms with Crippen molar-refractivity contribution >= 4 is 50.1 Å². The average molecular weight is 483 g/mol. The molecular weight excluding hydrogens is 460 g/mol. The average Bonchev–Trinajstić information content (AvgIpc) is 3.31. The molecule has 1 N–H and O–H groups in total. The number of ether oxygens (including phenoxy) is 1. The van der Waals surface area contributed by atoms with Crippen LogP contribution in [-0.2, 0) is 4.79 Å². The lowest BCUT2D eigenvalue weighted by Gasteiger charge is -2.13. The number of unbranched alkanes of at least 4 members (excludes halogenated alkanes) is 2. The fourth-order valence-electron chi connectivity index (χ4n) is 3.80. The zero-order valence-corrected chi connectivity index (χ0v) is 19.2. The normalized spacial score (nSPS) is 12.8. The number of rotatable bonds is 10. The van der Waals surface area contributed by atoms with Gasteiger partial charge in [-0.3, -0.25) is 29.4 Å². The number of carbonyl (C=O) groups excluding carboxylic acids is 3. The number of amides is 3. The SMILES string of the molecule is CCOc1ccc2nc(NC(=O)CCCCCN3C(=O)c4cccc([N+](=O)[O-])c4C3=O)sc2c1. The van der Waals surface area contributed by atoms with E-state index in [1.54, 1.807) is 0 Å². The van der Waals surface area contributed by atoms with E-state index in [0.717, 1.165) is 20.9 Å². The number of nitrogens with one attached hydrogen (secondary N) is 1. The fourth-order valence-corrected chi connectivity index (χ4v) is 4.71. The summed E-state index contributed by atoms with van der Waals surface area (Å²) in [6, 6.07) is 9.61. The van der Waals surface area contributed by atoms with Crippen LogP contribution in [0.1, 0.15) is 53.3 Å². The number of anilines is 1. The minimum Gasteiger partial charge on any atom is -0.494 e. The van der Waals surface area contributed by atoms with Crippen LogP contribution in [0.5, 0.6) is 5.75 Å². The zero-order valence-electron chi connectivity index (χ0n) is 18.4. The molecule has 0 atom stereocenters. The van der Waals surface area contributed by atoms with Gasteiger partial charge in [-0.25, -0.2) is 4.98 Å². The molecule has 10 nitrogen and oxygen atoms in total. The van der Waals surface area contributed by atoms with Gasteiger partial charge in [0.1, 0.15) is 11.3 Å². The first-order chi connectivity index (χ1) is 16.4. The maximum atomic E-state index is 12.6. The van der Waals surface area contributed by atoms with Crippen molar-refractivity contribution in [3.8, 4) is 5.75 Å². The van der Waals surface area contributed by atoms with Crippen molar-refractivity contribution in [2.75, 3.05) is 18.5 Å². The second kappa shape index (κ2) is 9.96. The van der Waals surface area contributed by atoms with Gasteiger partial charge in [0.2, 0.25) is 5.91 Å². The molecule has 34 heavy (non-hydrogen) atoms. The van der Waals surface area contributed by atoms with Crippen LogP contribution in [-0.4, -0.2) is 45.7 Å². The molecule has 0 aliphatic carbocycles. The van der Waals surface area contributed by atoms with Gasteiger partial charge in [0.05, 0.1) is 27.3 Å². The van der Waals surface area contributed by atoms with Crippen LogP contribution in [0.3, 0.4) is 0 Å². The van der Waals surface area contributed by atoms with Crippen molar-refractivity contribution in [3.05, 3.63) is 57.6 Å². The van der Waals surface area contributed by atoms with Gasteiger partial charge in [0.25, 0.3) is 17.5 Å². The summed E-state index contributed by atoms with van der Waals surface area (Å²) in [6.07, 6.45) is 1.94. The number of nitrogens with zero attached hydrogens (tertiary/aromatic N) is 3. The lowest BCUT2D eigenvalue weighted by molar-refractivity contribution is -0.385. The molecule has 1 aromatic heterocycles. The van der Waals surface area contributed by atoms with Crippen molar-refractivity contribution in [1.82, 2.24) is 9.88 Å². The van der Waals surface area contributed by atoms with Crippen molar-refractivity contribution < 1.29 is 24.0 Å². The molecule has 0 unspecified atom stereocenters. The van der Waals surface area contributed by atoms with E-state index in [2.05, 4.69) is 10.3 Å². The molecule has 3 amide bonds. The number of imide groups is 1. The molecule has 0 spiro atoms. The van der Waals surface area contributed by atoms with Gasteiger partial charge in [-0.2, -0.15) is 0 Å². The quantitative estimate of drug-likeness (QED) is 0.196. The largest absolute Gasteiger partial charge is 0.494 e. The van der Waals surface area contributed by atoms with Crippen LogP contribution in [0, 0.1) is 10.1 Å². The van der Waals surface area contributed by atoms with E-state index in [9.17, 15) is 24.5 Å². The van der Waals surface area contributed by atoms with Crippen LogP contribution < -0.4 is 10.1 Å². The fraction of sp³-hybridized carbons (Fsp3) is 0.304. The monoisotopic (exact) mass is 482 g/mol. The topological polar surface area (TPSA) is 132 Å². The van der Waals surface area contributed by atoms with Crippen molar-refractivity contribution in [2.45, 2.75) is 32.6 Å². The highest BCUT2D eigenvalue weighted by atomic mass is 32.1. The Kier molecular flexibility index (Phi) is 6.82. The van der Waals surface area contributed by atoms with E-state index in [4.69, 9.17) is 4.74 Å². The summed E-state index contributed by atoms with van der Waals surface area (Å²) in [4.78, 5) is 53.3. The first-order valence-electron chi connectivity index (χ1n) is 10.9. The Balaban J connectivity index is 1.24. The second-order valence-corrected chi connectivity index (χ2v) is 8.69. The number of thiazole rings is 1. The number of hydrogen-bond acceptors (Lipinski definition) is 8. The Hall–Kier alpha value is -3.86. The number of nitro benzene ring substituents is 1. The number of fused-ring (bicyclic) bond motifs is 2. The van der Waals surface area contributed by atoms with E-state index in [-0.39, 0.29) is 35.7 Å². The van der Waals surface area contributed by atoms with E-state index >= 15 is 0 Å². The molecule has 2 heterocycles. The zero-order chi connectivity index (χ0) is 24.2. The lowest BCUT2D eigenvalue weighted by Crippen LogP contribution is -2.30. The summed E-state index contributed by atoms with van der Waals surface area (Å²) in [6.45, 7) is 2.63. The van der Waals surface area contributed by atoms with Crippen molar-refractivity contribution in [3.63, 3.8) is 0 Å². The predicted octanol–water partition coefficient (Wildman–Crippen LogP) is 4.40. The molecule has 4 rings (SSSR count). The Morgan fingerprint density at radius 2 is 2.00 bits per heavy atom. The highest BCUT2D eigenvalue weighted by molar-refractivity contribution is 7.22. The molecule has 1 aliphatic rings. The Morgan fingerprint density at radius 1 is 1.18 bits per heavy atom. The molecule has 1 aliphatic heterocycles. The number of benzene rings is 2. The van der Waals surface area contributed by atoms with Gasteiger partial charge < -0.3 is 10.1 Å². The summed E-state index contributed by atoms with van der Waals surface area (Å²) in [5, 5.41) is 14.5. The Labute approximate surface area is 198 Å². The predicted molar refractivity (Wildman–Crippen MR) is 126 cm³/mol. The minimum absolute atomic E-state index is 0.0581. The maximum Gasteiger partial charge on any atom is 0.282 e. The van der Waals surface area contributed by atoms with Crippen LogP contribution in [0.4, 0.5) is 10.8 Å². The number of nitro groups is 1. The molecule has 0 bridgehead atoms. The molecule has 0 saturated carbocycles. The Bertz CT molecular complexity index is 1290. The van der Waals surface area contributed by atoms with Crippen molar-refractivity contribution in [1.29, 1.82) is 0 Å². The van der Waals surface area contributed by atoms with E-state index in [0.29, 0.717) is 31.0 Å². The summed E-state index contributed by atoms with van der Waals surface area (Å²) >= 11 is 1.37. The third-order valence-electron chi connectivity index (χ3n) is 5.38. The molecule has 0 saturated heterocycles. The Morgan fingerprint density at radius 3 is 2.76 bits per heavy atom. The van der Waals surface area contributed by atoms with Gasteiger partial charge in [0.15, 0.2) is 5.13 Å². The van der Waals surface area contributed by atoms with E-state index in [1.165, 1.54) is 29.5 Å². The molecule has 11 heteroatoms. The highest BCUT2D eigenvalue weighted by Gasteiger charge is 2.40. The van der Waals surface area contributed by atoms with Crippen LogP contribution in [0.2, 0.25) is 0 Å². The third kappa shape index (κ3) is 4.74. The van der Waals surface area contributed by atoms with Gasteiger partial charge in [-0.1, -0.05) is 23.8 Å². The number of aromatic nitrogens is 1. The summed E-state index contributed by atoms with van der Waals surface area (Å²) < 4.78 is 6.40. The van der Waals surface area contributed by atoms with E-state index < -0.39 is 16.7 Å². The molecule has 3 aromatic rings. The molecule has 2 aromatic carbocycles. The van der Waals surface area contributed by atoms with Gasteiger partial charge in [-0.05, 0) is 44.0 Å². The molecule has 0 fully saturated rings. The van der Waals surface area contributed by atoms with Crippen molar-refractivity contribution in [2.24, 2.45) is 0 Å². The highest BCUT2D eigenvalue weighted by Crippen LogP contribution is 2.31. The van der Waals surface area contributed by atoms with Gasteiger partial charge in [0, 0.05) is 19.0 Å². The second-order valence-electron chi connectivity index (χ2n) is 7.66. The molecule has 176 valence electrons.